The Balaban J connectivity index is 1.39. The molecule has 0 bridgehead atoms. The molecule has 7 aromatic rings. The van der Waals surface area contributed by atoms with E-state index < -0.39 is 0 Å². The summed E-state index contributed by atoms with van der Waals surface area (Å²) in [6, 6.07) is 48.2. The molecule has 0 N–H and O–H groups in total. The van der Waals surface area contributed by atoms with Gasteiger partial charge < -0.3 is 4.90 Å². The normalized spacial score (nSPS) is 11.7. The van der Waals surface area contributed by atoms with E-state index in [1.807, 2.05) is 6.07 Å². The van der Waals surface area contributed by atoms with Gasteiger partial charge in [-0.05, 0) is 75.3 Å². The number of aryl methyl sites for hydroxylation is 1. The van der Waals surface area contributed by atoms with Gasteiger partial charge in [0.2, 0.25) is 0 Å². The minimum Gasteiger partial charge on any atom is -0.310 e. The van der Waals surface area contributed by atoms with E-state index in [0.29, 0.717) is 0 Å². The summed E-state index contributed by atoms with van der Waals surface area (Å²) in [5.41, 5.74) is 7.11. The summed E-state index contributed by atoms with van der Waals surface area (Å²) < 4.78 is 0. The first-order valence-corrected chi connectivity index (χ1v) is 13.1. The molecule has 7 aromatic carbocycles. The van der Waals surface area contributed by atoms with Gasteiger partial charge in [0, 0.05) is 16.8 Å². The fourth-order valence-corrected chi connectivity index (χ4v) is 5.53. The Bertz CT molecular complexity index is 1880. The van der Waals surface area contributed by atoms with Crippen molar-refractivity contribution in [2.45, 2.75) is 6.92 Å². The number of anilines is 3. The molecule has 0 radical (unpaired) electrons. The second-order valence-electron chi connectivity index (χ2n) is 9.95. The summed E-state index contributed by atoms with van der Waals surface area (Å²) in [7, 11) is 0. The largest absolute Gasteiger partial charge is 0.310 e. The zero-order valence-corrected chi connectivity index (χ0v) is 21.3. The SMILES string of the molecule is Cc1ccc(N(c2ccc(/C=C/c3ccccc3)cc2)c2ccc3ccc4cccc5ccc2c3c45)cc1. The van der Waals surface area contributed by atoms with Crippen molar-refractivity contribution >= 4 is 61.5 Å². The summed E-state index contributed by atoms with van der Waals surface area (Å²) in [5.74, 6) is 0. The number of benzene rings is 7. The molecule has 0 aliphatic rings. The fraction of sp³-hybridized carbons (Fsp3) is 0.0270. The van der Waals surface area contributed by atoms with Gasteiger partial charge in [0.25, 0.3) is 0 Å². The van der Waals surface area contributed by atoms with E-state index >= 15 is 0 Å². The highest BCUT2D eigenvalue weighted by Gasteiger charge is 2.18. The Labute approximate surface area is 223 Å². The minimum absolute atomic E-state index is 1.14. The van der Waals surface area contributed by atoms with Gasteiger partial charge in [-0.1, -0.05) is 121 Å². The van der Waals surface area contributed by atoms with Crippen LogP contribution in [-0.4, -0.2) is 0 Å². The maximum atomic E-state index is 2.38. The molecule has 0 heterocycles. The van der Waals surface area contributed by atoms with Gasteiger partial charge in [-0.3, -0.25) is 0 Å². The molecule has 1 nitrogen and oxygen atoms in total. The van der Waals surface area contributed by atoms with Gasteiger partial charge in [0.15, 0.2) is 0 Å². The third-order valence-electron chi connectivity index (χ3n) is 7.46. The molecule has 0 spiro atoms. The van der Waals surface area contributed by atoms with Crippen molar-refractivity contribution in [2.75, 3.05) is 4.90 Å². The van der Waals surface area contributed by atoms with Gasteiger partial charge in [0.1, 0.15) is 0 Å². The fourth-order valence-electron chi connectivity index (χ4n) is 5.53. The van der Waals surface area contributed by atoms with Crippen LogP contribution in [-0.2, 0) is 0 Å². The van der Waals surface area contributed by atoms with E-state index in [9.17, 15) is 0 Å². The molecule has 0 aliphatic heterocycles. The van der Waals surface area contributed by atoms with Crippen LogP contribution in [0.4, 0.5) is 17.1 Å². The Morgan fingerprint density at radius 1 is 0.447 bits per heavy atom. The quantitative estimate of drug-likeness (QED) is 0.173. The Kier molecular flexibility index (Phi) is 5.41. The molecule has 1 heteroatoms. The van der Waals surface area contributed by atoms with Crippen LogP contribution in [0.1, 0.15) is 16.7 Å². The molecule has 38 heavy (non-hydrogen) atoms. The molecular weight excluding hydrogens is 458 g/mol. The van der Waals surface area contributed by atoms with Crippen molar-refractivity contribution in [3.05, 3.63) is 150 Å². The van der Waals surface area contributed by atoms with Crippen LogP contribution < -0.4 is 4.90 Å². The van der Waals surface area contributed by atoms with Gasteiger partial charge in [-0.2, -0.15) is 0 Å². The Morgan fingerprint density at radius 2 is 1.00 bits per heavy atom. The van der Waals surface area contributed by atoms with E-state index in [1.165, 1.54) is 54.7 Å². The average Bonchev–Trinajstić information content (AvgIpc) is 2.98. The highest BCUT2D eigenvalue weighted by atomic mass is 15.1. The molecule has 0 unspecified atom stereocenters. The first kappa shape index (κ1) is 22.3. The summed E-state index contributed by atoms with van der Waals surface area (Å²) >= 11 is 0. The zero-order valence-electron chi connectivity index (χ0n) is 21.3. The predicted molar refractivity (Wildman–Crippen MR) is 165 cm³/mol. The third kappa shape index (κ3) is 3.90. The zero-order chi connectivity index (χ0) is 25.5. The molecule has 0 atom stereocenters. The number of hydrogen-bond donors (Lipinski definition) is 0. The second-order valence-corrected chi connectivity index (χ2v) is 9.95. The lowest BCUT2D eigenvalue weighted by Gasteiger charge is -2.28. The maximum Gasteiger partial charge on any atom is 0.0540 e. The molecule has 0 amide bonds. The van der Waals surface area contributed by atoms with E-state index in [0.717, 1.165) is 11.4 Å². The molecular formula is C37H27N. The number of rotatable bonds is 5. The summed E-state index contributed by atoms with van der Waals surface area (Å²) in [6.45, 7) is 2.14. The summed E-state index contributed by atoms with van der Waals surface area (Å²) in [4.78, 5) is 2.38. The van der Waals surface area contributed by atoms with Crippen molar-refractivity contribution in [3.8, 4) is 0 Å². The monoisotopic (exact) mass is 485 g/mol. The molecule has 0 saturated heterocycles. The first-order chi connectivity index (χ1) is 18.7. The van der Waals surface area contributed by atoms with Gasteiger partial charge in [-0.15, -0.1) is 0 Å². The number of hydrogen-bond acceptors (Lipinski definition) is 1. The van der Waals surface area contributed by atoms with Crippen LogP contribution in [0.25, 0.3) is 44.5 Å². The van der Waals surface area contributed by atoms with Crippen molar-refractivity contribution < 1.29 is 0 Å². The first-order valence-electron chi connectivity index (χ1n) is 13.1. The topological polar surface area (TPSA) is 3.24 Å². The smallest absolute Gasteiger partial charge is 0.0540 e. The number of nitrogens with zero attached hydrogens (tertiary/aromatic N) is 1. The molecule has 0 fully saturated rings. The minimum atomic E-state index is 1.14. The lowest BCUT2D eigenvalue weighted by molar-refractivity contribution is 1.29. The predicted octanol–water partition coefficient (Wildman–Crippen LogP) is 10.5. The molecule has 0 aliphatic carbocycles. The summed E-state index contributed by atoms with van der Waals surface area (Å²) in [5, 5.41) is 7.79. The van der Waals surface area contributed by atoms with Crippen molar-refractivity contribution in [3.63, 3.8) is 0 Å². The Morgan fingerprint density at radius 3 is 1.68 bits per heavy atom. The van der Waals surface area contributed by atoms with Crippen LogP contribution >= 0.6 is 0 Å². The van der Waals surface area contributed by atoms with E-state index in [2.05, 4.69) is 151 Å². The highest BCUT2D eigenvalue weighted by Crippen LogP contribution is 2.43. The van der Waals surface area contributed by atoms with Crippen molar-refractivity contribution in [1.29, 1.82) is 0 Å². The van der Waals surface area contributed by atoms with E-state index in [1.54, 1.807) is 0 Å². The standard InChI is InChI=1S/C37H27N/c1-26-10-20-32(21-11-26)38(33-22-14-28(15-23-33)13-12-27-6-3-2-4-7-27)35-25-19-31-17-16-29-8-5-9-30-18-24-34(35)37(31)36(29)30/h2-25H,1H3/b13-12+. The molecule has 0 saturated carbocycles. The molecule has 180 valence electrons. The second kappa shape index (κ2) is 9.21. The lowest BCUT2D eigenvalue weighted by Crippen LogP contribution is -2.10. The van der Waals surface area contributed by atoms with Gasteiger partial charge >= 0.3 is 0 Å². The highest BCUT2D eigenvalue weighted by molar-refractivity contribution is 6.25. The summed E-state index contributed by atoms with van der Waals surface area (Å²) in [6.07, 6.45) is 4.33. The average molecular weight is 486 g/mol. The van der Waals surface area contributed by atoms with Crippen LogP contribution in [0.15, 0.2) is 133 Å². The van der Waals surface area contributed by atoms with E-state index in [-0.39, 0.29) is 0 Å². The maximum absolute atomic E-state index is 2.38. The van der Waals surface area contributed by atoms with Crippen molar-refractivity contribution in [1.82, 2.24) is 0 Å². The van der Waals surface area contributed by atoms with Crippen molar-refractivity contribution in [2.24, 2.45) is 0 Å². The lowest BCUT2D eigenvalue weighted by atomic mass is 9.93. The van der Waals surface area contributed by atoms with Gasteiger partial charge in [0.05, 0.1) is 5.69 Å². The third-order valence-corrected chi connectivity index (χ3v) is 7.46. The van der Waals surface area contributed by atoms with Crippen LogP contribution in [0.2, 0.25) is 0 Å². The Hall–Kier alpha value is -4.88. The molecule has 0 aromatic heterocycles. The molecule has 7 rings (SSSR count). The van der Waals surface area contributed by atoms with Crippen LogP contribution in [0.3, 0.4) is 0 Å². The van der Waals surface area contributed by atoms with Crippen LogP contribution in [0.5, 0.6) is 0 Å². The van der Waals surface area contributed by atoms with E-state index in [4.69, 9.17) is 0 Å². The van der Waals surface area contributed by atoms with Gasteiger partial charge in [-0.25, -0.2) is 0 Å². The van der Waals surface area contributed by atoms with Crippen LogP contribution in [0, 0.1) is 6.92 Å².